The van der Waals surface area contributed by atoms with E-state index in [-0.39, 0.29) is 11.1 Å². The van der Waals surface area contributed by atoms with Gasteiger partial charge in [0.05, 0.1) is 23.5 Å². The van der Waals surface area contributed by atoms with Gasteiger partial charge >= 0.3 is 0 Å². The smallest absolute Gasteiger partial charge is 0.264 e. The molecule has 2 aromatic heterocycles. The molecule has 136 valence electrons. The van der Waals surface area contributed by atoms with Gasteiger partial charge in [-0.05, 0) is 37.6 Å². The lowest BCUT2D eigenvalue weighted by Crippen LogP contribution is -2.12. The average molecular weight is 363 g/mol. The molecule has 3 rings (SSSR count). The molecule has 1 atom stereocenters. The predicted molar refractivity (Wildman–Crippen MR) is 90.4 cm³/mol. The Bertz CT molecular complexity index is 970. The van der Waals surface area contributed by atoms with Gasteiger partial charge < -0.3 is 10.5 Å². The highest BCUT2D eigenvalue weighted by atomic mass is 19.3. The van der Waals surface area contributed by atoms with E-state index in [9.17, 15) is 13.2 Å². The maximum atomic E-state index is 13.5. The number of benzene rings is 1. The van der Waals surface area contributed by atoms with E-state index in [2.05, 4.69) is 20.6 Å². The molecule has 1 aromatic carbocycles. The van der Waals surface area contributed by atoms with Crippen molar-refractivity contribution in [3.8, 4) is 0 Å². The lowest BCUT2D eigenvalue weighted by molar-refractivity contribution is 0.150. The van der Waals surface area contributed by atoms with Gasteiger partial charge in [0.15, 0.2) is 5.65 Å². The quantitative estimate of drug-likeness (QED) is 0.405. The van der Waals surface area contributed by atoms with Gasteiger partial charge in [0.1, 0.15) is 11.6 Å². The van der Waals surface area contributed by atoms with Crippen molar-refractivity contribution in [2.45, 2.75) is 26.3 Å². The number of alkyl halides is 2. The number of rotatable bonds is 5. The third-order valence-electron chi connectivity index (χ3n) is 4.02. The highest BCUT2D eigenvalue weighted by Gasteiger charge is 2.19. The van der Waals surface area contributed by atoms with Gasteiger partial charge in [0.25, 0.3) is 6.43 Å². The summed E-state index contributed by atoms with van der Waals surface area (Å²) in [5, 5.41) is 19.2. The first kappa shape index (κ1) is 17.7. The second-order valence-electron chi connectivity index (χ2n) is 5.76. The number of hydrogen-bond acceptors (Lipinski definition) is 5. The maximum absolute atomic E-state index is 13.5. The minimum atomic E-state index is -2.71. The molecule has 26 heavy (non-hydrogen) atoms. The fourth-order valence-corrected chi connectivity index (χ4v) is 2.68. The lowest BCUT2D eigenvalue weighted by Gasteiger charge is -2.18. The molecule has 0 spiro atoms. The number of fused-ring (bicyclic) bond motifs is 1. The first-order valence-corrected chi connectivity index (χ1v) is 7.78. The summed E-state index contributed by atoms with van der Waals surface area (Å²) in [5.41, 5.74) is 1.22. The molecule has 2 N–H and O–H groups in total. The Morgan fingerprint density at radius 1 is 1.27 bits per heavy atom. The van der Waals surface area contributed by atoms with Gasteiger partial charge in [0, 0.05) is 11.8 Å². The maximum Gasteiger partial charge on any atom is 0.264 e. The van der Waals surface area contributed by atoms with Crippen LogP contribution < -0.4 is 5.32 Å². The number of aromatic nitrogens is 3. The Kier molecular flexibility index (Phi) is 4.79. The van der Waals surface area contributed by atoms with E-state index < -0.39 is 18.3 Å². The topological polar surface area (TPSA) is 74.8 Å². The second kappa shape index (κ2) is 7.03. The first-order valence-electron chi connectivity index (χ1n) is 7.78. The average Bonchev–Trinajstić information content (AvgIpc) is 3.03. The zero-order valence-corrected chi connectivity index (χ0v) is 14.0. The molecule has 0 saturated heterocycles. The number of nitrogens with zero attached hydrogens (tertiary/aromatic N) is 4. The van der Waals surface area contributed by atoms with Crippen LogP contribution in [0.25, 0.3) is 5.65 Å². The minimum Gasteiger partial charge on any atom is -0.411 e. The van der Waals surface area contributed by atoms with Gasteiger partial charge in [0.2, 0.25) is 0 Å². The molecule has 0 saturated carbocycles. The summed E-state index contributed by atoms with van der Waals surface area (Å²) in [4.78, 5) is 4.38. The highest BCUT2D eigenvalue weighted by Crippen LogP contribution is 2.30. The number of oxime groups is 1. The van der Waals surface area contributed by atoms with Crippen molar-refractivity contribution >= 4 is 17.2 Å². The fourth-order valence-electron chi connectivity index (χ4n) is 2.68. The van der Waals surface area contributed by atoms with E-state index >= 15 is 0 Å². The van der Waals surface area contributed by atoms with Crippen molar-refractivity contribution in [1.82, 2.24) is 14.6 Å². The molecule has 0 amide bonds. The van der Waals surface area contributed by atoms with Crippen LogP contribution in [-0.4, -0.2) is 25.5 Å². The standard InChI is InChI=1S/C17H16F3N5O/c1-9(13-7-11(18)3-4-12(13)16(19)20)22-15-5-6-25-17(23-15)14(8-21-25)10(2)24-26/h3-9,16,26H,1-2H3,(H,22,23)/b24-10+/t9-/m1/s1. The Labute approximate surface area is 147 Å². The normalized spacial score (nSPS) is 13.4. The SMILES string of the molecule is C/C(=N\O)c1cnn2ccc(N[C@H](C)c3cc(F)ccc3C(F)F)nc12. The van der Waals surface area contributed by atoms with Crippen LogP contribution in [0.4, 0.5) is 19.0 Å². The molecule has 2 heterocycles. The third-order valence-corrected chi connectivity index (χ3v) is 4.02. The van der Waals surface area contributed by atoms with Crippen LogP contribution >= 0.6 is 0 Å². The lowest BCUT2D eigenvalue weighted by atomic mass is 10.0. The van der Waals surface area contributed by atoms with Gasteiger partial charge in [-0.1, -0.05) is 11.2 Å². The van der Waals surface area contributed by atoms with Crippen molar-refractivity contribution in [2.75, 3.05) is 5.32 Å². The molecular weight excluding hydrogens is 347 g/mol. The van der Waals surface area contributed by atoms with Gasteiger partial charge in [-0.3, -0.25) is 0 Å². The molecule has 0 aliphatic carbocycles. The summed E-state index contributed by atoms with van der Waals surface area (Å²) < 4.78 is 41.4. The molecule has 0 fully saturated rings. The summed E-state index contributed by atoms with van der Waals surface area (Å²) in [6, 6.07) is 4.19. The van der Waals surface area contributed by atoms with Gasteiger partial charge in [-0.2, -0.15) is 5.10 Å². The molecule has 0 unspecified atom stereocenters. The van der Waals surface area contributed by atoms with Crippen LogP contribution in [0.15, 0.2) is 41.8 Å². The van der Waals surface area contributed by atoms with Gasteiger partial charge in [-0.15, -0.1) is 0 Å². The molecule has 0 aliphatic rings. The van der Waals surface area contributed by atoms with E-state index in [1.807, 2.05) is 0 Å². The summed E-state index contributed by atoms with van der Waals surface area (Å²) in [6.07, 6.45) is 0.423. The van der Waals surface area contributed by atoms with Crippen LogP contribution in [0.1, 0.15) is 43.0 Å². The van der Waals surface area contributed by atoms with Crippen molar-refractivity contribution in [1.29, 1.82) is 0 Å². The van der Waals surface area contributed by atoms with Crippen LogP contribution in [0.2, 0.25) is 0 Å². The number of halogens is 3. The van der Waals surface area contributed by atoms with E-state index in [0.29, 0.717) is 22.7 Å². The summed E-state index contributed by atoms with van der Waals surface area (Å²) >= 11 is 0. The largest absolute Gasteiger partial charge is 0.411 e. The summed E-state index contributed by atoms with van der Waals surface area (Å²) in [5.74, 6) is -0.198. The van der Waals surface area contributed by atoms with Crippen molar-refractivity contribution in [3.05, 3.63) is 59.2 Å². The van der Waals surface area contributed by atoms with Crippen molar-refractivity contribution in [2.24, 2.45) is 5.16 Å². The molecule has 0 bridgehead atoms. The van der Waals surface area contributed by atoms with Gasteiger partial charge in [-0.25, -0.2) is 22.7 Å². The van der Waals surface area contributed by atoms with E-state index in [0.717, 1.165) is 18.2 Å². The zero-order chi connectivity index (χ0) is 18.8. The Morgan fingerprint density at radius 2 is 2.04 bits per heavy atom. The van der Waals surface area contributed by atoms with Crippen LogP contribution in [0, 0.1) is 5.82 Å². The Balaban J connectivity index is 1.95. The van der Waals surface area contributed by atoms with Crippen LogP contribution in [-0.2, 0) is 0 Å². The number of nitrogens with one attached hydrogen (secondary N) is 1. The van der Waals surface area contributed by atoms with Crippen LogP contribution in [0.5, 0.6) is 0 Å². The summed E-state index contributed by atoms with van der Waals surface area (Å²) in [7, 11) is 0. The van der Waals surface area contributed by atoms with Crippen molar-refractivity contribution in [3.63, 3.8) is 0 Å². The molecule has 0 aliphatic heterocycles. The number of anilines is 1. The van der Waals surface area contributed by atoms with Crippen molar-refractivity contribution < 1.29 is 18.4 Å². The molecule has 0 radical (unpaired) electrons. The minimum absolute atomic E-state index is 0.156. The Hall–Kier alpha value is -3.10. The fraction of sp³-hybridized carbons (Fsp3) is 0.235. The monoisotopic (exact) mass is 363 g/mol. The van der Waals surface area contributed by atoms with E-state index in [4.69, 9.17) is 5.21 Å². The Morgan fingerprint density at radius 3 is 2.73 bits per heavy atom. The second-order valence-corrected chi connectivity index (χ2v) is 5.76. The third kappa shape index (κ3) is 3.32. The van der Waals surface area contributed by atoms with E-state index in [1.54, 1.807) is 26.1 Å². The van der Waals surface area contributed by atoms with E-state index in [1.165, 1.54) is 10.7 Å². The molecule has 6 nitrogen and oxygen atoms in total. The number of hydrogen-bond donors (Lipinski definition) is 2. The first-order chi connectivity index (χ1) is 12.4. The molecule has 3 aromatic rings. The highest BCUT2D eigenvalue weighted by molar-refractivity contribution is 6.03. The summed E-state index contributed by atoms with van der Waals surface area (Å²) in [6.45, 7) is 3.24. The predicted octanol–water partition coefficient (Wildman–Crippen LogP) is 4.18. The zero-order valence-electron chi connectivity index (χ0n) is 14.0. The molecular formula is C17H16F3N5O. The van der Waals surface area contributed by atoms with Crippen LogP contribution in [0.3, 0.4) is 0 Å². The molecule has 9 heteroatoms.